The second-order valence-corrected chi connectivity index (χ2v) is 6.50. The molecule has 0 N–H and O–H groups in total. The van der Waals surface area contributed by atoms with Crippen molar-refractivity contribution in [2.45, 2.75) is 44.2 Å². The van der Waals surface area contributed by atoms with Crippen LogP contribution in [-0.4, -0.2) is 29.8 Å². The van der Waals surface area contributed by atoms with Crippen LogP contribution in [0.25, 0.3) is 0 Å². The topological polar surface area (TPSA) is 20.3 Å². The lowest BCUT2D eigenvalue weighted by Crippen LogP contribution is -2.42. The molecule has 2 unspecified atom stereocenters. The molecule has 2 aliphatic rings. The van der Waals surface area contributed by atoms with E-state index < -0.39 is 0 Å². The van der Waals surface area contributed by atoms with Gasteiger partial charge in [-0.05, 0) is 50.4 Å². The van der Waals surface area contributed by atoms with E-state index in [1.807, 2.05) is 0 Å². The first kappa shape index (κ1) is 14.0. The van der Waals surface area contributed by atoms with Gasteiger partial charge in [0.25, 0.3) is 0 Å². The summed E-state index contributed by atoms with van der Waals surface area (Å²) in [5.74, 6) is 0.0388. The molecule has 0 amide bonds. The Morgan fingerprint density at radius 3 is 2.60 bits per heavy atom. The van der Waals surface area contributed by atoms with Crippen molar-refractivity contribution >= 4 is 17.4 Å². The zero-order valence-corrected chi connectivity index (χ0v) is 12.4. The minimum atomic E-state index is -0.358. The fourth-order valence-corrected chi connectivity index (χ4v) is 3.91. The number of benzene rings is 1. The third kappa shape index (κ3) is 2.61. The van der Waals surface area contributed by atoms with Crippen molar-refractivity contribution in [2.75, 3.05) is 7.05 Å². The van der Waals surface area contributed by atoms with Crippen molar-refractivity contribution < 1.29 is 9.18 Å². The molecule has 0 spiro atoms. The van der Waals surface area contributed by atoms with E-state index in [0.29, 0.717) is 23.5 Å². The maximum atomic E-state index is 13.0. The Labute approximate surface area is 123 Å². The molecule has 2 nitrogen and oxygen atoms in total. The van der Waals surface area contributed by atoms with Gasteiger partial charge in [0.05, 0.1) is 0 Å². The normalized spacial score (nSPS) is 29.6. The van der Waals surface area contributed by atoms with Gasteiger partial charge in [-0.25, -0.2) is 4.39 Å². The highest BCUT2D eigenvalue weighted by Crippen LogP contribution is 2.38. The second kappa shape index (κ2) is 5.45. The van der Waals surface area contributed by atoms with Crippen LogP contribution < -0.4 is 0 Å². The molecule has 2 bridgehead atoms. The summed E-state index contributed by atoms with van der Waals surface area (Å²) >= 11 is 6.00. The van der Waals surface area contributed by atoms with E-state index in [4.69, 9.17) is 11.6 Å². The molecule has 2 heterocycles. The van der Waals surface area contributed by atoms with Crippen LogP contribution in [0.3, 0.4) is 0 Å². The van der Waals surface area contributed by atoms with Crippen molar-refractivity contribution in [2.24, 2.45) is 5.92 Å². The summed E-state index contributed by atoms with van der Waals surface area (Å²) in [7, 11) is 2.17. The van der Waals surface area contributed by atoms with Gasteiger partial charge in [-0.3, -0.25) is 4.79 Å². The van der Waals surface area contributed by atoms with Crippen molar-refractivity contribution in [3.8, 4) is 0 Å². The maximum absolute atomic E-state index is 13.0. The number of carbonyl (C=O) groups is 1. The van der Waals surface area contributed by atoms with Crippen molar-refractivity contribution in [1.82, 2.24) is 4.90 Å². The van der Waals surface area contributed by atoms with Crippen LogP contribution in [0.1, 0.15) is 31.2 Å². The first-order valence-corrected chi connectivity index (χ1v) is 7.61. The highest BCUT2D eigenvalue weighted by atomic mass is 35.5. The van der Waals surface area contributed by atoms with E-state index in [9.17, 15) is 9.18 Å². The molecule has 1 aromatic rings. The predicted octanol–water partition coefficient (Wildman–Crippen LogP) is 3.46. The molecule has 0 aliphatic carbocycles. The van der Waals surface area contributed by atoms with Crippen LogP contribution >= 0.6 is 11.6 Å². The van der Waals surface area contributed by atoms with Gasteiger partial charge in [0.2, 0.25) is 0 Å². The molecule has 108 valence electrons. The van der Waals surface area contributed by atoms with Crippen LogP contribution in [0.4, 0.5) is 4.39 Å². The predicted molar refractivity (Wildman–Crippen MR) is 77.4 cm³/mol. The SMILES string of the molecule is CN1C2CCC1CC(C(=O)Cc1ccc(F)cc1Cl)C2. The summed E-state index contributed by atoms with van der Waals surface area (Å²) in [6.07, 6.45) is 4.67. The minimum Gasteiger partial charge on any atom is -0.300 e. The van der Waals surface area contributed by atoms with Crippen LogP contribution in [0, 0.1) is 11.7 Å². The van der Waals surface area contributed by atoms with E-state index in [0.717, 1.165) is 18.4 Å². The number of hydrogen-bond acceptors (Lipinski definition) is 2. The number of piperidine rings is 1. The average molecular weight is 296 g/mol. The Bertz CT molecular complexity index is 519. The maximum Gasteiger partial charge on any atom is 0.140 e. The molecule has 3 rings (SSSR count). The number of ketones is 1. The molecule has 0 radical (unpaired) electrons. The third-order valence-corrected chi connectivity index (χ3v) is 5.29. The van der Waals surface area contributed by atoms with Gasteiger partial charge < -0.3 is 4.90 Å². The van der Waals surface area contributed by atoms with Gasteiger partial charge in [0.15, 0.2) is 0 Å². The van der Waals surface area contributed by atoms with Crippen LogP contribution in [0.2, 0.25) is 5.02 Å². The Balaban J connectivity index is 1.68. The van der Waals surface area contributed by atoms with E-state index in [1.165, 1.54) is 25.0 Å². The largest absolute Gasteiger partial charge is 0.300 e. The molecular formula is C16H19ClFNO. The molecule has 1 aromatic carbocycles. The average Bonchev–Trinajstić information content (AvgIpc) is 2.64. The summed E-state index contributed by atoms with van der Waals surface area (Å²) < 4.78 is 13.0. The Hall–Kier alpha value is -0.930. The lowest BCUT2D eigenvalue weighted by molar-refractivity contribution is -0.124. The minimum absolute atomic E-state index is 0.143. The first-order chi connectivity index (χ1) is 9.54. The van der Waals surface area contributed by atoms with E-state index >= 15 is 0 Å². The highest BCUT2D eigenvalue weighted by molar-refractivity contribution is 6.31. The molecule has 2 atom stereocenters. The highest BCUT2D eigenvalue weighted by Gasteiger charge is 2.40. The summed E-state index contributed by atoms with van der Waals surface area (Å²) in [6, 6.07) is 5.40. The summed E-state index contributed by atoms with van der Waals surface area (Å²) in [4.78, 5) is 14.9. The van der Waals surface area contributed by atoms with Crippen LogP contribution in [-0.2, 0) is 11.2 Å². The van der Waals surface area contributed by atoms with Crippen molar-refractivity contribution in [3.05, 3.63) is 34.6 Å². The molecule has 2 saturated heterocycles. The van der Waals surface area contributed by atoms with E-state index in [-0.39, 0.29) is 17.5 Å². The quantitative estimate of drug-likeness (QED) is 0.851. The molecule has 2 aliphatic heterocycles. The van der Waals surface area contributed by atoms with Gasteiger partial charge >= 0.3 is 0 Å². The molecule has 0 saturated carbocycles. The number of halogens is 2. The smallest absolute Gasteiger partial charge is 0.140 e. The van der Waals surface area contributed by atoms with Gasteiger partial charge in [0.1, 0.15) is 11.6 Å². The number of carbonyl (C=O) groups excluding carboxylic acids is 1. The summed E-state index contributed by atoms with van der Waals surface area (Å²) in [5, 5.41) is 0.356. The Morgan fingerprint density at radius 1 is 1.35 bits per heavy atom. The fourth-order valence-electron chi connectivity index (χ4n) is 3.67. The first-order valence-electron chi connectivity index (χ1n) is 7.23. The van der Waals surface area contributed by atoms with Crippen molar-refractivity contribution in [1.29, 1.82) is 0 Å². The number of rotatable bonds is 3. The molecule has 4 heteroatoms. The molecule has 20 heavy (non-hydrogen) atoms. The number of fused-ring (bicyclic) bond motifs is 2. The van der Waals surface area contributed by atoms with Crippen LogP contribution in [0.15, 0.2) is 18.2 Å². The monoisotopic (exact) mass is 295 g/mol. The number of hydrogen-bond donors (Lipinski definition) is 0. The van der Waals surface area contributed by atoms with Gasteiger partial charge in [0, 0.05) is 29.4 Å². The lowest BCUT2D eigenvalue weighted by atomic mass is 9.85. The van der Waals surface area contributed by atoms with Gasteiger partial charge in [-0.15, -0.1) is 0 Å². The Morgan fingerprint density at radius 2 is 2.00 bits per heavy atom. The number of nitrogens with zero attached hydrogens (tertiary/aromatic N) is 1. The fraction of sp³-hybridized carbons (Fsp3) is 0.562. The third-order valence-electron chi connectivity index (χ3n) is 4.93. The second-order valence-electron chi connectivity index (χ2n) is 6.10. The lowest BCUT2D eigenvalue weighted by Gasteiger charge is -2.35. The van der Waals surface area contributed by atoms with Gasteiger partial charge in [-0.1, -0.05) is 17.7 Å². The van der Waals surface area contributed by atoms with E-state index in [1.54, 1.807) is 6.07 Å². The zero-order chi connectivity index (χ0) is 14.3. The van der Waals surface area contributed by atoms with E-state index in [2.05, 4.69) is 11.9 Å². The summed E-state index contributed by atoms with van der Waals surface area (Å²) in [6.45, 7) is 0. The molecule has 2 fully saturated rings. The van der Waals surface area contributed by atoms with Crippen molar-refractivity contribution in [3.63, 3.8) is 0 Å². The summed E-state index contributed by atoms with van der Waals surface area (Å²) in [5.41, 5.74) is 0.740. The standard InChI is InChI=1S/C16H19ClFNO/c1-19-13-4-5-14(19)7-11(6-13)16(20)8-10-2-3-12(18)9-15(10)17/h2-3,9,11,13-14H,4-8H2,1H3. The molecular weight excluding hydrogens is 277 g/mol. The van der Waals surface area contributed by atoms with Crippen LogP contribution in [0.5, 0.6) is 0 Å². The zero-order valence-electron chi connectivity index (χ0n) is 11.6. The molecule has 0 aromatic heterocycles. The van der Waals surface area contributed by atoms with Gasteiger partial charge in [-0.2, -0.15) is 0 Å². The number of Topliss-reactive ketones (excluding diaryl/α,β-unsaturated/α-hetero) is 1. The Kier molecular flexibility index (Phi) is 3.83.